The molecule has 0 fully saturated rings. The highest BCUT2D eigenvalue weighted by Crippen LogP contribution is 2.27. The topological polar surface area (TPSA) is 66.5 Å². The monoisotopic (exact) mass is 432 g/mol. The molecular weight excluding hydrogens is 415 g/mol. The summed E-state index contributed by atoms with van der Waals surface area (Å²) in [5.74, 6) is -1.14. The number of rotatable bonds is 6. The summed E-state index contributed by atoms with van der Waals surface area (Å²) in [7, 11) is -3.67. The van der Waals surface area contributed by atoms with E-state index in [-0.39, 0.29) is 22.8 Å². The van der Waals surface area contributed by atoms with Crippen molar-refractivity contribution >= 4 is 38.9 Å². The molecule has 150 valence electrons. The number of sulfonamides is 1. The third kappa shape index (κ3) is 5.13. The molecule has 3 aromatic carbocycles. The zero-order chi connectivity index (χ0) is 21.0. The summed E-state index contributed by atoms with van der Waals surface area (Å²) < 4.78 is 39.5. The van der Waals surface area contributed by atoms with Gasteiger partial charge in [0.1, 0.15) is 5.82 Å². The molecule has 0 aliphatic rings. The van der Waals surface area contributed by atoms with E-state index in [0.717, 1.165) is 17.9 Å². The van der Waals surface area contributed by atoms with Gasteiger partial charge in [-0.1, -0.05) is 54.1 Å². The largest absolute Gasteiger partial charge is 0.322 e. The summed E-state index contributed by atoms with van der Waals surface area (Å²) >= 11 is 5.76. The Bertz CT molecular complexity index is 1140. The zero-order valence-corrected chi connectivity index (χ0v) is 17.0. The minimum absolute atomic E-state index is 0.0757. The first-order valence-electron chi connectivity index (χ1n) is 8.63. The molecule has 3 rings (SSSR count). The summed E-state index contributed by atoms with van der Waals surface area (Å²) in [6.45, 7) is 0.0757. The lowest BCUT2D eigenvalue weighted by Crippen LogP contribution is -2.31. The van der Waals surface area contributed by atoms with Gasteiger partial charge in [0.05, 0.1) is 29.1 Å². The van der Waals surface area contributed by atoms with Crippen LogP contribution in [0.1, 0.15) is 15.9 Å². The fourth-order valence-corrected chi connectivity index (χ4v) is 3.87. The Labute approximate surface area is 173 Å². The number of carbonyl (C=O) groups is 1. The van der Waals surface area contributed by atoms with Crippen LogP contribution in [0.25, 0.3) is 0 Å². The van der Waals surface area contributed by atoms with Gasteiger partial charge >= 0.3 is 0 Å². The number of carbonyl (C=O) groups excluding carboxylic acids is 1. The second-order valence-electron chi connectivity index (χ2n) is 6.36. The van der Waals surface area contributed by atoms with E-state index < -0.39 is 21.7 Å². The molecule has 0 aliphatic carbocycles. The number of hydrogen-bond acceptors (Lipinski definition) is 3. The van der Waals surface area contributed by atoms with E-state index in [2.05, 4.69) is 5.32 Å². The molecule has 0 bridgehead atoms. The van der Waals surface area contributed by atoms with E-state index >= 15 is 0 Å². The third-order valence-electron chi connectivity index (χ3n) is 4.16. The van der Waals surface area contributed by atoms with Crippen LogP contribution in [0.5, 0.6) is 0 Å². The molecular formula is C21H18ClFN2O3S. The summed E-state index contributed by atoms with van der Waals surface area (Å²) in [6, 6.07) is 19.3. The second-order valence-corrected chi connectivity index (χ2v) is 8.67. The second kappa shape index (κ2) is 8.63. The first-order valence-corrected chi connectivity index (χ1v) is 10.9. The van der Waals surface area contributed by atoms with E-state index in [1.165, 1.54) is 22.5 Å². The SMILES string of the molecule is CS(=O)(=O)N(Cc1ccccc1)c1ccccc1C(=O)Nc1ccc(F)c(Cl)c1. The van der Waals surface area contributed by atoms with E-state index in [1.807, 2.05) is 18.2 Å². The molecule has 0 heterocycles. The van der Waals surface area contributed by atoms with E-state index in [0.29, 0.717) is 5.69 Å². The molecule has 0 spiro atoms. The van der Waals surface area contributed by atoms with Crippen LogP contribution in [0, 0.1) is 5.82 Å². The Morgan fingerprint density at radius 1 is 1.03 bits per heavy atom. The van der Waals surface area contributed by atoms with Crippen LogP contribution >= 0.6 is 11.6 Å². The van der Waals surface area contributed by atoms with E-state index in [1.54, 1.807) is 30.3 Å². The predicted octanol–water partition coefficient (Wildman–Crippen LogP) is 4.70. The molecule has 29 heavy (non-hydrogen) atoms. The van der Waals surface area contributed by atoms with Gasteiger partial charge in [-0.3, -0.25) is 9.10 Å². The van der Waals surface area contributed by atoms with Gasteiger partial charge in [0.15, 0.2) is 0 Å². The zero-order valence-electron chi connectivity index (χ0n) is 15.5. The molecule has 1 N–H and O–H groups in total. The van der Waals surface area contributed by atoms with Crippen molar-refractivity contribution in [3.8, 4) is 0 Å². The molecule has 0 saturated heterocycles. The van der Waals surface area contributed by atoms with Crippen molar-refractivity contribution < 1.29 is 17.6 Å². The standard InChI is InChI=1S/C21H18ClFN2O3S/c1-29(27,28)25(14-15-7-3-2-4-8-15)20-10-6-5-9-17(20)21(26)24-16-11-12-19(23)18(22)13-16/h2-13H,14H2,1H3,(H,24,26). The lowest BCUT2D eigenvalue weighted by molar-refractivity contribution is 0.102. The maximum absolute atomic E-state index is 13.3. The number of amides is 1. The average molecular weight is 433 g/mol. The molecule has 1 amide bonds. The van der Waals surface area contributed by atoms with Crippen molar-refractivity contribution in [1.29, 1.82) is 0 Å². The van der Waals surface area contributed by atoms with Crippen molar-refractivity contribution in [2.45, 2.75) is 6.54 Å². The number of hydrogen-bond donors (Lipinski definition) is 1. The van der Waals surface area contributed by atoms with E-state index in [9.17, 15) is 17.6 Å². The van der Waals surface area contributed by atoms with Crippen molar-refractivity contribution in [2.24, 2.45) is 0 Å². The van der Waals surface area contributed by atoms with Crippen molar-refractivity contribution in [3.05, 3.63) is 94.8 Å². The van der Waals surface area contributed by atoms with Gasteiger partial charge in [-0.2, -0.15) is 0 Å². The highest BCUT2D eigenvalue weighted by molar-refractivity contribution is 7.92. The van der Waals surface area contributed by atoms with Crippen molar-refractivity contribution in [2.75, 3.05) is 15.9 Å². The Hall–Kier alpha value is -2.90. The van der Waals surface area contributed by atoms with Crippen LogP contribution in [0.15, 0.2) is 72.8 Å². The highest BCUT2D eigenvalue weighted by atomic mass is 35.5. The van der Waals surface area contributed by atoms with Gasteiger partial charge in [0.25, 0.3) is 5.91 Å². The van der Waals surface area contributed by atoms with Gasteiger partial charge in [-0.15, -0.1) is 0 Å². The van der Waals surface area contributed by atoms with Gasteiger partial charge in [-0.25, -0.2) is 12.8 Å². The van der Waals surface area contributed by atoms with E-state index in [4.69, 9.17) is 11.6 Å². The fourth-order valence-electron chi connectivity index (χ4n) is 2.79. The number of benzene rings is 3. The first kappa shape index (κ1) is 20.8. The molecule has 8 heteroatoms. The third-order valence-corrected chi connectivity index (χ3v) is 5.58. The fraction of sp³-hybridized carbons (Fsp3) is 0.0952. The lowest BCUT2D eigenvalue weighted by atomic mass is 10.1. The van der Waals surface area contributed by atoms with Gasteiger partial charge < -0.3 is 5.32 Å². The molecule has 0 aliphatic heterocycles. The number of nitrogens with zero attached hydrogens (tertiary/aromatic N) is 1. The summed E-state index contributed by atoms with van der Waals surface area (Å²) in [5.41, 5.74) is 1.47. The minimum atomic E-state index is -3.67. The minimum Gasteiger partial charge on any atom is -0.322 e. The summed E-state index contributed by atoms with van der Waals surface area (Å²) in [4.78, 5) is 12.8. The van der Waals surface area contributed by atoms with Gasteiger partial charge in [0.2, 0.25) is 10.0 Å². The van der Waals surface area contributed by atoms with Crippen LogP contribution in [-0.2, 0) is 16.6 Å². The van der Waals surface area contributed by atoms with Crippen LogP contribution in [0.3, 0.4) is 0 Å². The smallest absolute Gasteiger partial charge is 0.257 e. The Morgan fingerprint density at radius 2 is 1.69 bits per heavy atom. The van der Waals surface area contributed by atoms with Crippen LogP contribution in [0.2, 0.25) is 5.02 Å². The predicted molar refractivity (Wildman–Crippen MR) is 113 cm³/mol. The Morgan fingerprint density at radius 3 is 2.34 bits per heavy atom. The maximum Gasteiger partial charge on any atom is 0.257 e. The quantitative estimate of drug-likeness (QED) is 0.614. The number of anilines is 2. The number of halogens is 2. The number of para-hydroxylation sites is 1. The highest BCUT2D eigenvalue weighted by Gasteiger charge is 2.23. The van der Waals surface area contributed by atoms with Gasteiger partial charge in [-0.05, 0) is 35.9 Å². The molecule has 0 atom stereocenters. The van der Waals surface area contributed by atoms with Crippen LogP contribution in [-0.4, -0.2) is 20.6 Å². The molecule has 0 aromatic heterocycles. The first-order chi connectivity index (χ1) is 13.8. The molecule has 0 saturated carbocycles. The van der Waals surface area contributed by atoms with Crippen molar-refractivity contribution in [3.63, 3.8) is 0 Å². The molecule has 5 nitrogen and oxygen atoms in total. The Kier molecular flexibility index (Phi) is 6.20. The molecule has 0 radical (unpaired) electrons. The van der Waals surface area contributed by atoms with Crippen LogP contribution < -0.4 is 9.62 Å². The Balaban J connectivity index is 1.96. The molecule has 3 aromatic rings. The summed E-state index contributed by atoms with van der Waals surface area (Å²) in [6.07, 6.45) is 1.09. The summed E-state index contributed by atoms with van der Waals surface area (Å²) in [5, 5.41) is 2.50. The normalized spacial score (nSPS) is 11.1. The van der Waals surface area contributed by atoms with Crippen molar-refractivity contribution in [1.82, 2.24) is 0 Å². The molecule has 0 unspecified atom stereocenters. The van der Waals surface area contributed by atoms with Gasteiger partial charge in [0, 0.05) is 5.69 Å². The van der Waals surface area contributed by atoms with Crippen LogP contribution in [0.4, 0.5) is 15.8 Å². The number of nitrogens with one attached hydrogen (secondary N) is 1. The maximum atomic E-state index is 13.3. The average Bonchev–Trinajstić information content (AvgIpc) is 2.69. The lowest BCUT2D eigenvalue weighted by Gasteiger charge is -2.24.